The molecular formula is C26H25F6N3S. The number of hydrogen-bond acceptors (Lipinski definition) is 2. The highest BCUT2D eigenvalue weighted by Crippen LogP contribution is 2.37. The second kappa shape index (κ2) is 10.6. The van der Waals surface area contributed by atoms with Crippen LogP contribution in [-0.4, -0.2) is 17.2 Å². The van der Waals surface area contributed by atoms with Crippen molar-refractivity contribution in [2.75, 3.05) is 5.32 Å². The zero-order valence-electron chi connectivity index (χ0n) is 19.1. The molecule has 1 fully saturated rings. The van der Waals surface area contributed by atoms with Crippen LogP contribution in [0.4, 0.5) is 32.0 Å². The third-order valence-electron chi connectivity index (χ3n) is 6.31. The Labute approximate surface area is 210 Å². The van der Waals surface area contributed by atoms with Crippen LogP contribution in [0.1, 0.15) is 42.4 Å². The summed E-state index contributed by atoms with van der Waals surface area (Å²) in [4.78, 5) is 0. The zero-order chi connectivity index (χ0) is 25.9. The Kier molecular flexibility index (Phi) is 7.75. The molecule has 3 aromatic carbocycles. The molecule has 0 radical (unpaired) electrons. The molecule has 0 amide bonds. The summed E-state index contributed by atoms with van der Waals surface area (Å²) in [5.41, 5.74) is -2.04. The lowest BCUT2D eigenvalue weighted by Gasteiger charge is -2.34. The van der Waals surface area contributed by atoms with Crippen LogP contribution in [0.15, 0.2) is 60.7 Å². The minimum atomic E-state index is -4.92. The molecule has 2 atom stereocenters. The van der Waals surface area contributed by atoms with Crippen molar-refractivity contribution in [3.8, 4) is 0 Å². The fraction of sp³-hybridized carbons (Fsp3) is 0.346. The number of hydrogen-bond donors (Lipinski definition) is 3. The Morgan fingerprint density at radius 1 is 0.778 bits per heavy atom. The smallest absolute Gasteiger partial charge is 0.358 e. The number of nitrogens with one attached hydrogen (secondary N) is 3. The third-order valence-corrected chi connectivity index (χ3v) is 6.53. The minimum absolute atomic E-state index is 0.0214. The molecule has 1 aliphatic carbocycles. The van der Waals surface area contributed by atoms with Crippen molar-refractivity contribution in [1.82, 2.24) is 10.6 Å². The maximum Gasteiger partial charge on any atom is 0.416 e. The summed E-state index contributed by atoms with van der Waals surface area (Å²) >= 11 is 5.26. The lowest BCUT2D eigenvalue weighted by atomic mass is 9.90. The van der Waals surface area contributed by atoms with Crippen LogP contribution in [0.2, 0.25) is 0 Å². The summed E-state index contributed by atoms with van der Waals surface area (Å²) in [6.07, 6.45) is -6.25. The lowest BCUT2D eigenvalue weighted by Crippen LogP contribution is -2.52. The van der Waals surface area contributed by atoms with Gasteiger partial charge in [0.25, 0.3) is 0 Å². The first-order valence-electron chi connectivity index (χ1n) is 11.6. The summed E-state index contributed by atoms with van der Waals surface area (Å²) < 4.78 is 78.9. The van der Waals surface area contributed by atoms with Gasteiger partial charge in [-0.25, -0.2) is 0 Å². The highest BCUT2D eigenvalue weighted by atomic mass is 32.1. The molecule has 0 bridgehead atoms. The van der Waals surface area contributed by atoms with Crippen LogP contribution in [0.25, 0.3) is 10.8 Å². The van der Waals surface area contributed by atoms with Crippen LogP contribution in [0.3, 0.4) is 0 Å². The van der Waals surface area contributed by atoms with Crippen molar-refractivity contribution in [3.63, 3.8) is 0 Å². The average molecular weight is 526 g/mol. The Morgan fingerprint density at radius 2 is 1.39 bits per heavy atom. The summed E-state index contributed by atoms with van der Waals surface area (Å²) in [6.45, 7) is 0.621. The van der Waals surface area contributed by atoms with E-state index >= 15 is 0 Å². The Hall–Kier alpha value is -2.85. The maximum absolute atomic E-state index is 13.2. The SMILES string of the molecule is FC(F)(F)c1cc(NC(=S)N[C@@H]2CCCCC2NCc2ccc3ccccc3c2)cc(C(F)(F)F)c1. The maximum atomic E-state index is 13.2. The van der Waals surface area contributed by atoms with Crippen LogP contribution in [0.5, 0.6) is 0 Å². The van der Waals surface area contributed by atoms with Gasteiger partial charge in [-0.1, -0.05) is 49.2 Å². The molecule has 1 saturated carbocycles. The van der Waals surface area contributed by atoms with E-state index in [1.807, 2.05) is 24.3 Å². The van der Waals surface area contributed by atoms with Gasteiger partial charge in [-0.05, 0) is 65.7 Å². The van der Waals surface area contributed by atoms with Crippen molar-refractivity contribution in [2.24, 2.45) is 0 Å². The Balaban J connectivity index is 1.42. The number of halogens is 6. The van der Waals surface area contributed by atoms with Crippen molar-refractivity contribution < 1.29 is 26.3 Å². The zero-order valence-corrected chi connectivity index (χ0v) is 20.0. The Bertz CT molecular complexity index is 1190. The van der Waals surface area contributed by atoms with Gasteiger partial charge >= 0.3 is 12.4 Å². The van der Waals surface area contributed by atoms with E-state index in [1.165, 1.54) is 0 Å². The van der Waals surface area contributed by atoms with Crippen molar-refractivity contribution in [2.45, 2.75) is 56.7 Å². The predicted molar refractivity (Wildman–Crippen MR) is 133 cm³/mol. The fourth-order valence-electron chi connectivity index (χ4n) is 4.51. The van der Waals surface area contributed by atoms with Gasteiger partial charge in [-0.15, -0.1) is 0 Å². The predicted octanol–water partition coefficient (Wildman–Crippen LogP) is 7.26. The van der Waals surface area contributed by atoms with Gasteiger partial charge in [-0.3, -0.25) is 0 Å². The largest absolute Gasteiger partial charge is 0.416 e. The standard InChI is InChI=1S/C26H25F6N3S/c27-25(28,29)19-12-20(26(30,31)32)14-21(13-19)34-24(36)35-23-8-4-3-7-22(23)33-15-16-9-10-17-5-1-2-6-18(17)11-16/h1-2,5-6,9-14,22-23,33H,3-4,7-8,15H2,(H2,34,35,36)/t22?,23-/m1/s1. The van der Waals surface area contributed by atoms with Crippen LogP contribution >= 0.6 is 12.2 Å². The topological polar surface area (TPSA) is 36.1 Å². The number of anilines is 1. The first-order chi connectivity index (χ1) is 17.0. The van der Waals surface area contributed by atoms with Gasteiger partial charge in [0.15, 0.2) is 5.11 Å². The van der Waals surface area contributed by atoms with Gasteiger partial charge in [0, 0.05) is 24.3 Å². The molecule has 3 nitrogen and oxygen atoms in total. The molecule has 192 valence electrons. The quantitative estimate of drug-likeness (QED) is 0.242. The summed E-state index contributed by atoms with van der Waals surface area (Å²) in [6, 6.07) is 15.6. The minimum Gasteiger partial charge on any atom is -0.358 e. The highest BCUT2D eigenvalue weighted by Gasteiger charge is 2.37. The first-order valence-corrected chi connectivity index (χ1v) is 12.0. The Morgan fingerprint density at radius 3 is 2.03 bits per heavy atom. The molecule has 36 heavy (non-hydrogen) atoms. The lowest BCUT2D eigenvalue weighted by molar-refractivity contribution is -0.143. The average Bonchev–Trinajstić information content (AvgIpc) is 2.82. The molecule has 0 saturated heterocycles. The van der Waals surface area contributed by atoms with E-state index in [1.54, 1.807) is 0 Å². The van der Waals surface area contributed by atoms with E-state index in [-0.39, 0.29) is 28.9 Å². The van der Waals surface area contributed by atoms with Crippen molar-refractivity contribution in [1.29, 1.82) is 0 Å². The molecular weight excluding hydrogens is 500 g/mol. The van der Waals surface area contributed by atoms with E-state index < -0.39 is 23.5 Å². The fourth-order valence-corrected chi connectivity index (χ4v) is 4.78. The van der Waals surface area contributed by atoms with Crippen LogP contribution in [0, 0.1) is 0 Å². The van der Waals surface area contributed by atoms with E-state index in [0.29, 0.717) is 18.7 Å². The number of benzene rings is 3. The van der Waals surface area contributed by atoms with Crippen molar-refractivity contribution in [3.05, 3.63) is 77.4 Å². The molecule has 1 unspecified atom stereocenters. The number of rotatable bonds is 5. The van der Waals surface area contributed by atoms with Gasteiger partial charge in [0.1, 0.15) is 0 Å². The molecule has 0 heterocycles. The third kappa shape index (κ3) is 6.67. The molecule has 10 heteroatoms. The van der Waals surface area contributed by atoms with E-state index in [0.717, 1.165) is 42.0 Å². The van der Waals surface area contributed by atoms with Crippen LogP contribution in [-0.2, 0) is 18.9 Å². The summed E-state index contributed by atoms with van der Waals surface area (Å²) in [7, 11) is 0. The van der Waals surface area contributed by atoms with E-state index in [2.05, 4.69) is 34.1 Å². The monoisotopic (exact) mass is 525 g/mol. The molecule has 1 aliphatic rings. The molecule has 0 aromatic heterocycles. The van der Waals surface area contributed by atoms with Gasteiger partial charge in [0.2, 0.25) is 0 Å². The molecule has 0 aliphatic heterocycles. The van der Waals surface area contributed by atoms with Gasteiger partial charge < -0.3 is 16.0 Å². The van der Waals surface area contributed by atoms with Crippen LogP contribution < -0.4 is 16.0 Å². The second-order valence-electron chi connectivity index (χ2n) is 8.95. The van der Waals surface area contributed by atoms with E-state index in [9.17, 15) is 26.3 Å². The molecule has 3 aromatic rings. The highest BCUT2D eigenvalue weighted by molar-refractivity contribution is 7.80. The molecule has 3 N–H and O–H groups in total. The summed E-state index contributed by atoms with van der Waals surface area (Å²) in [5, 5.41) is 11.4. The van der Waals surface area contributed by atoms with E-state index in [4.69, 9.17) is 12.2 Å². The van der Waals surface area contributed by atoms with Gasteiger partial charge in [0.05, 0.1) is 11.1 Å². The normalized spacial score (nSPS) is 18.7. The summed E-state index contributed by atoms with van der Waals surface area (Å²) in [5.74, 6) is 0. The molecule has 0 spiro atoms. The number of thiocarbonyl (C=S) groups is 1. The van der Waals surface area contributed by atoms with Gasteiger partial charge in [-0.2, -0.15) is 26.3 Å². The second-order valence-corrected chi connectivity index (χ2v) is 9.36. The number of fused-ring (bicyclic) bond motifs is 1. The first kappa shape index (κ1) is 26.2. The molecule has 4 rings (SSSR count). The number of alkyl halides is 6. The van der Waals surface area contributed by atoms with Crippen molar-refractivity contribution >= 4 is 33.8 Å².